The van der Waals surface area contributed by atoms with Gasteiger partial charge in [-0.15, -0.1) is 0 Å². The smallest absolute Gasteiger partial charge is 0.186 e. The summed E-state index contributed by atoms with van der Waals surface area (Å²) in [6, 6.07) is 15.3. The molecule has 2 aromatic rings. The minimum absolute atomic E-state index is 0.0924. The van der Waals surface area contributed by atoms with E-state index in [1.54, 1.807) is 24.3 Å². The zero-order chi connectivity index (χ0) is 14.7. The van der Waals surface area contributed by atoms with E-state index in [4.69, 9.17) is 0 Å². The van der Waals surface area contributed by atoms with Crippen LogP contribution in [0.25, 0.3) is 0 Å². The zero-order valence-corrected chi connectivity index (χ0v) is 11.5. The van der Waals surface area contributed by atoms with Crippen LogP contribution in [-0.4, -0.2) is 18.1 Å². The fourth-order valence-corrected chi connectivity index (χ4v) is 2.49. The molecule has 2 aliphatic rings. The molecule has 0 saturated carbocycles. The third kappa shape index (κ3) is 2.77. The molecule has 0 atom stereocenters. The second-order valence-electron chi connectivity index (χ2n) is 4.94. The Morgan fingerprint density at radius 3 is 1.95 bits per heavy atom. The molecule has 4 rings (SSSR count). The zero-order valence-electron chi connectivity index (χ0n) is 11.5. The van der Waals surface area contributed by atoms with Gasteiger partial charge in [-0.3, -0.25) is 9.59 Å². The Bertz CT molecular complexity index is 672. The van der Waals surface area contributed by atoms with Crippen molar-refractivity contribution in [2.24, 2.45) is 0 Å². The van der Waals surface area contributed by atoms with Gasteiger partial charge in [-0.05, 0) is 30.2 Å². The molecule has 21 heavy (non-hydrogen) atoms. The highest BCUT2D eigenvalue weighted by atomic mass is 16.1. The number of para-hydroxylation sites is 1. The summed E-state index contributed by atoms with van der Waals surface area (Å²) in [6.07, 6.45) is 3.81. The summed E-state index contributed by atoms with van der Waals surface area (Å²) in [5, 5.41) is 3.30. The fraction of sp³-hybridized carbons (Fsp3) is 0.111. The van der Waals surface area contributed by atoms with Crippen LogP contribution >= 0.6 is 0 Å². The highest BCUT2D eigenvalue weighted by molar-refractivity contribution is 6.21. The van der Waals surface area contributed by atoms with Crippen molar-refractivity contribution in [2.75, 3.05) is 11.9 Å². The van der Waals surface area contributed by atoms with Crippen molar-refractivity contribution in [3.8, 4) is 0 Å². The number of fused-ring (bicyclic) bond motifs is 2. The summed E-state index contributed by atoms with van der Waals surface area (Å²) < 4.78 is 0. The number of carbonyl (C=O) groups excluding carboxylic acids is 2. The molecule has 0 bridgehead atoms. The van der Waals surface area contributed by atoms with Crippen LogP contribution in [-0.2, 0) is 6.42 Å². The lowest BCUT2D eigenvalue weighted by Gasteiger charge is -2.06. The van der Waals surface area contributed by atoms with Crippen molar-refractivity contribution in [1.82, 2.24) is 0 Å². The standard InChI is InChI=1S/C10H6O2.C8H9N/c11-9-5-6-10(12)8-4-2-1-3-7(8)9;1-2-4-8-7(3-1)5-6-9-8/h1-6H;1-4,9H,5-6H2. The SMILES string of the molecule is O=C1C=CC(=O)c2ccccc21.c1ccc2c(c1)CCN2. The topological polar surface area (TPSA) is 46.2 Å². The Kier molecular flexibility index (Phi) is 3.65. The Labute approximate surface area is 123 Å². The van der Waals surface area contributed by atoms with Crippen LogP contribution in [0, 0.1) is 0 Å². The van der Waals surface area contributed by atoms with Gasteiger partial charge >= 0.3 is 0 Å². The molecule has 0 spiro atoms. The minimum Gasteiger partial charge on any atom is -0.384 e. The van der Waals surface area contributed by atoms with Gasteiger partial charge in [0, 0.05) is 23.4 Å². The summed E-state index contributed by atoms with van der Waals surface area (Å²) in [5.74, 6) is -0.185. The van der Waals surface area contributed by atoms with Crippen molar-refractivity contribution < 1.29 is 9.59 Å². The van der Waals surface area contributed by atoms with E-state index < -0.39 is 0 Å². The first-order chi connectivity index (χ1) is 10.3. The highest BCUT2D eigenvalue weighted by Gasteiger charge is 2.16. The van der Waals surface area contributed by atoms with Gasteiger partial charge in [-0.2, -0.15) is 0 Å². The quantitative estimate of drug-likeness (QED) is 0.804. The molecule has 0 saturated heterocycles. The van der Waals surface area contributed by atoms with Crippen LogP contribution in [0.2, 0.25) is 0 Å². The molecule has 1 heterocycles. The molecule has 104 valence electrons. The molecule has 2 aromatic carbocycles. The molecule has 0 radical (unpaired) electrons. The third-order valence-corrected chi connectivity index (χ3v) is 3.57. The number of benzene rings is 2. The molecule has 3 nitrogen and oxygen atoms in total. The van der Waals surface area contributed by atoms with Crippen LogP contribution in [0.4, 0.5) is 5.69 Å². The van der Waals surface area contributed by atoms with Crippen LogP contribution in [0.5, 0.6) is 0 Å². The Morgan fingerprint density at radius 1 is 0.762 bits per heavy atom. The monoisotopic (exact) mass is 277 g/mol. The lowest BCUT2D eigenvalue weighted by atomic mass is 9.95. The number of ketones is 2. The number of hydrogen-bond donors (Lipinski definition) is 1. The second-order valence-corrected chi connectivity index (χ2v) is 4.94. The Hall–Kier alpha value is -2.68. The van der Waals surface area contributed by atoms with E-state index in [-0.39, 0.29) is 11.6 Å². The first kappa shape index (κ1) is 13.3. The highest BCUT2D eigenvalue weighted by Crippen LogP contribution is 2.20. The van der Waals surface area contributed by atoms with E-state index in [2.05, 4.69) is 29.6 Å². The third-order valence-electron chi connectivity index (χ3n) is 3.57. The molecule has 0 unspecified atom stereocenters. The molecule has 3 heteroatoms. The van der Waals surface area contributed by atoms with Gasteiger partial charge in [0.1, 0.15) is 0 Å². The lowest BCUT2D eigenvalue weighted by molar-refractivity contribution is 0.0994. The van der Waals surface area contributed by atoms with E-state index in [1.165, 1.54) is 29.8 Å². The van der Waals surface area contributed by atoms with Gasteiger partial charge in [0.15, 0.2) is 11.6 Å². The number of rotatable bonds is 0. The summed E-state index contributed by atoms with van der Waals surface area (Å²) in [4.78, 5) is 22.4. The van der Waals surface area contributed by atoms with Crippen LogP contribution in [0.1, 0.15) is 26.3 Å². The number of carbonyl (C=O) groups is 2. The molecule has 0 fully saturated rings. The van der Waals surface area contributed by atoms with E-state index >= 15 is 0 Å². The summed E-state index contributed by atoms with van der Waals surface area (Å²) >= 11 is 0. The van der Waals surface area contributed by atoms with Crippen molar-refractivity contribution in [3.05, 3.63) is 77.4 Å². The largest absolute Gasteiger partial charge is 0.384 e. The van der Waals surface area contributed by atoms with Crippen LogP contribution in [0.3, 0.4) is 0 Å². The van der Waals surface area contributed by atoms with E-state index in [0.717, 1.165) is 6.54 Å². The number of anilines is 1. The van der Waals surface area contributed by atoms with E-state index in [0.29, 0.717) is 11.1 Å². The van der Waals surface area contributed by atoms with Crippen molar-refractivity contribution >= 4 is 17.3 Å². The summed E-state index contributed by atoms with van der Waals surface area (Å²) in [5.41, 5.74) is 3.78. The predicted octanol–water partition coefficient (Wildman–Crippen LogP) is 3.28. The van der Waals surface area contributed by atoms with Gasteiger partial charge in [-0.25, -0.2) is 0 Å². The minimum atomic E-state index is -0.0924. The predicted molar refractivity (Wildman–Crippen MR) is 82.9 cm³/mol. The molecule has 1 N–H and O–H groups in total. The maximum atomic E-state index is 11.2. The summed E-state index contributed by atoms with van der Waals surface area (Å²) in [6.45, 7) is 1.11. The summed E-state index contributed by atoms with van der Waals surface area (Å²) in [7, 11) is 0. The normalized spacial score (nSPS) is 14.7. The number of hydrogen-bond acceptors (Lipinski definition) is 3. The van der Waals surface area contributed by atoms with Gasteiger partial charge in [-0.1, -0.05) is 42.5 Å². The number of allylic oxidation sites excluding steroid dienone is 2. The molecular weight excluding hydrogens is 262 g/mol. The molecule has 0 amide bonds. The van der Waals surface area contributed by atoms with Gasteiger partial charge < -0.3 is 5.32 Å². The van der Waals surface area contributed by atoms with Gasteiger partial charge in [0.2, 0.25) is 0 Å². The first-order valence-electron chi connectivity index (χ1n) is 6.93. The maximum absolute atomic E-state index is 11.2. The first-order valence-corrected chi connectivity index (χ1v) is 6.93. The van der Waals surface area contributed by atoms with Crippen LogP contribution < -0.4 is 5.32 Å². The Morgan fingerprint density at radius 2 is 1.33 bits per heavy atom. The molecular formula is C18H15NO2. The Balaban J connectivity index is 0.000000131. The molecule has 1 aliphatic carbocycles. The van der Waals surface area contributed by atoms with Crippen molar-refractivity contribution in [3.63, 3.8) is 0 Å². The van der Waals surface area contributed by atoms with E-state index in [9.17, 15) is 9.59 Å². The number of nitrogens with one attached hydrogen (secondary N) is 1. The maximum Gasteiger partial charge on any atom is 0.186 e. The fourth-order valence-electron chi connectivity index (χ4n) is 2.49. The van der Waals surface area contributed by atoms with Crippen molar-refractivity contribution in [2.45, 2.75) is 6.42 Å². The van der Waals surface area contributed by atoms with E-state index in [1.807, 2.05) is 0 Å². The van der Waals surface area contributed by atoms with Gasteiger partial charge in [0.25, 0.3) is 0 Å². The lowest BCUT2D eigenvalue weighted by Crippen LogP contribution is -2.10. The van der Waals surface area contributed by atoms with Crippen molar-refractivity contribution in [1.29, 1.82) is 0 Å². The molecule has 0 aromatic heterocycles. The second kappa shape index (κ2) is 5.75. The average molecular weight is 277 g/mol. The molecule has 1 aliphatic heterocycles. The average Bonchev–Trinajstić information content (AvgIpc) is 3.01. The van der Waals surface area contributed by atoms with Crippen LogP contribution in [0.15, 0.2) is 60.7 Å². The van der Waals surface area contributed by atoms with Gasteiger partial charge in [0.05, 0.1) is 0 Å².